The summed E-state index contributed by atoms with van der Waals surface area (Å²) in [5, 5.41) is 11.0. The smallest absolute Gasteiger partial charge is 0.153 e. The minimum absolute atomic E-state index is 0.364. The summed E-state index contributed by atoms with van der Waals surface area (Å²) < 4.78 is 5.06. The Balaban J connectivity index is 2.85. The standard InChI is InChI=1S/C9H12ClN3O/c1-3-14-5-4-7-8(11-2)6-9(10)13-12-7/h4-6H,3H2,1-2H3,(H,11,13)/b5-4+. The van der Waals surface area contributed by atoms with Gasteiger partial charge in [0.05, 0.1) is 18.6 Å². The van der Waals surface area contributed by atoms with Crippen LogP contribution >= 0.6 is 11.6 Å². The largest absolute Gasteiger partial charge is 0.501 e. The predicted molar refractivity (Wildman–Crippen MR) is 57.2 cm³/mol. The number of hydrogen-bond donors (Lipinski definition) is 1. The molecule has 0 bridgehead atoms. The fraction of sp³-hybridized carbons (Fsp3) is 0.333. The second kappa shape index (κ2) is 5.44. The molecule has 0 aromatic carbocycles. The highest BCUT2D eigenvalue weighted by molar-refractivity contribution is 6.29. The molecule has 0 aliphatic rings. The van der Waals surface area contributed by atoms with Gasteiger partial charge in [-0.15, -0.1) is 10.2 Å². The number of halogens is 1. The van der Waals surface area contributed by atoms with E-state index in [1.165, 1.54) is 0 Å². The van der Waals surface area contributed by atoms with Crippen LogP contribution < -0.4 is 5.32 Å². The van der Waals surface area contributed by atoms with E-state index in [2.05, 4.69) is 15.5 Å². The van der Waals surface area contributed by atoms with Gasteiger partial charge in [0, 0.05) is 19.2 Å². The summed E-state index contributed by atoms with van der Waals surface area (Å²) in [5.41, 5.74) is 1.52. The van der Waals surface area contributed by atoms with Gasteiger partial charge < -0.3 is 10.1 Å². The van der Waals surface area contributed by atoms with E-state index in [0.29, 0.717) is 17.5 Å². The van der Waals surface area contributed by atoms with Gasteiger partial charge in [-0.05, 0) is 6.92 Å². The highest BCUT2D eigenvalue weighted by atomic mass is 35.5. The molecule has 4 nitrogen and oxygen atoms in total. The lowest BCUT2D eigenvalue weighted by Crippen LogP contribution is -1.96. The van der Waals surface area contributed by atoms with E-state index in [9.17, 15) is 0 Å². The van der Waals surface area contributed by atoms with E-state index in [-0.39, 0.29) is 0 Å². The third kappa shape index (κ3) is 2.88. The lowest BCUT2D eigenvalue weighted by Gasteiger charge is -2.03. The highest BCUT2D eigenvalue weighted by Crippen LogP contribution is 2.16. The topological polar surface area (TPSA) is 47.0 Å². The number of rotatable bonds is 4. The van der Waals surface area contributed by atoms with Gasteiger partial charge in [0.25, 0.3) is 0 Å². The van der Waals surface area contributed by atoms with E-state index in [1.54, 1.807) is 25.5 Å². The first kappa shape index (κ1) is 10.8. The Labute approximate surface area is 87.9 Å². The highest BCUT2D eigenvalue weighted by Gasteiger charge is 2.00. The maximum atomic E-state index is 5.69. The molecule has 0 saturated heterocycles. The zero-order chi connectivity index (χ0) is 10.4. The van der Waals surface area contributed by atoms with Crippen molar-refractivity contribution in [2.45, 2.75) is 6.92 Å². The molecule has 0 amide bonds. The van der Waals surface area contributed by atoms with Gasteiger partial charge in [-0.2, -0.15) is 0 Å². The van der Waals surface area contributed by atoms with Crippen molar-refractivity contribution >= 4 is 23.4 Å². The number of hydrogen-bond acceptors (Lipinski definition) is 4. The summed E-state index contributed by atoms with van der Waals surface area (Å²) in [7, 11) is 1.80. The van der Waals surface area contributed by atoms with Crippen LogP contribution in [0, 0.1) is 0 Å². The van der Waals surface area contributed by atoms with E-state index in [0.717, 1.165) is 5.69 Å². The zero-order valence-electron chi connectivity index (χ0n) is 8.12. The number of nitrogens with one attached hydrogen (secondary N) is 1. The Morgan fingerprint density at radius 3 is 3.00 bits per heavy atom. The molecule has 0 aliphatic heterocycles. The molecule has 0 atom stereocenters. The maximum absolute atomic E-state index is 5.69. The minimum atomic E-state index is 0.364. The van der Waals surface area contributed by atoms with Crippen molar-refractivity contribution in [3.05, 3.63) is 23.2 Å². The van der Waals surface area contributed by atoms with Crippen molar-refractivity contribution in [3.63, 3.8) is 0 Å². The van der Waals surface area contributed by atoms with Crippen LogP contribution in [0.3, 0.4) is 0 Å². The number of nitrogens with zero attached hydrogens (tertiary/aromatic N) is 2. The van der Waals surface area contributed by atoms with Crippen LogP contribution in [-0.4, -0.2) is 23.9 Å². The first-order valence-electron chi connectivity index (χ1n) is 4.27. The SMILES string of the molecule is CCO/C=C/c1nnc(Cl)cc1NC. The van der Waals surface area contributed by atoms with Crippen LogP contribution in [-0.2, 0) is 4.74 Å². The first-order chi connectivity index (χ1) is 6.77. The van der Waals surface area contributed by atoms with Crippen LogP contribution in [0.4, 0.5) is 5.69 Å². The van der Waals surface area contributed by atoms with Crippen molar-refractivity contribution in [1.29, 1.82) is 0 Å². The van der Waals surface area contributed by atoms with Gasteiger partial charge in [-0.25, -0.2) is 0 Å². The van der Waals surface area contributed by atoms with Crippen LogP contribution in [0.5, 0.6) is 0 Å². The van der Waals surface area contributed by atoms with Crippen LogP contribution in [0.2, 0.25) is 5.15 Å². The van der Waals surface area contributed by atoms with E-state index >= 15 is 0 Å². The van der Waals surface area contributed by atoms with Crippen molar-refractivity contribution in [1.82, 2.24) is 10.2 Å². The quantitative estimate of drug-likeness (QED) is 0.779. The maximum Gasteiger partial charge on any atom is 0.153 e. The predicted octanol–water partition coefficient (Wildman–Crippen LogP) is 2.18. The molecule has 0 unspecified atom stereocenters. The summed E-state index contributed by atoms with van der Waals surface area (Å²) in [6, 6.07) is 1.71. The van der Waals surface area contributed by atoms with Crippen molar-refractivity contribution in [2.24, 2.45) is 0 Å². The molecule has 1 aromatic rings. The third-order valence-corrected chi connectivity index (χ3v) is 1.74. The van der Waals surface area contributed by atoms with Gasteiger partial charge in [-0.1, -0.05) is 11.6 Å². The average Bonchev–Trinajstić information content (AvgIpc) is 2.20. The summed E-state index contributed by atoms with van der Waals surface area (Å²) in [6.45, 7) is 2.54. The van der Waals surface area contributed by atoms with Gasteiger partial charge in [0.15, 0.2) is 5.15 Å². The Morgan fingerprint density at radius 1 is 1.57 bits per heavy atom. The molecule has 0 aliphatic carbocycles. The van der Waals surface area contributed by atoms with Gasteiger partial charge >= 0.3 is 0 Å². The number of aromatic nitrogens is 2. The molecule has 0 radical (unpaired) electrons. The Hall–Kier alpha value is -1.29. The summed E-state index contributed by atoms with van der Waals surface area (Å²) in [4.78, 5) is 0. The summed E-state index contributed by atoms with van der Waals surface area (Å²) in [6.07, 6.45) is 3.32. The Morgan fingerprint density at radius 2 is 2.36 bits per heavy atom. The van der Waals surface area contributed by atoms with Crippen LogP contribution in [0.25, 0.3) is 6.08 Å². The molecule has 14 heavy (non-hydrogen) atoms. The van der Waals surface area contributed by atoms with Crippen LogP contribution in [0.15, 0.2) is 12.3 Å². The molecule has 1 aromatic heterocycles. The van der Waals surface area contributed by atoms with Crippen molar-refractivity contribution in [3.8, 4) is 0 Å². The fourth-order valence-electron chi connectivity index (χ4n) is 0.910. The molecule has 0 fully saturated rings. The minimum Gasteiger partial charge on any atom is -0.501 e. The van der Waals surface area contributed by atoms with Gasteiger partial charge in [0.2, 0.25) is 0 Å². The van der Waals surface area contributed by atoms with Crippen molar-refractivity contribution in [2.75, 3.05) is 19.0 Å². The van der Waals surface area contributed by atoms with Gasteiger partial charge in [0.1, 0.15) is 5.69 Å². The van der Waals surface area contributed by atoms with E-state index in [4.69, 9.17) is 16.3 Å². The molecule has 1 heterocycles. The molecule has 0 spiro atoms. The average molecular weight is 214 g/mol. The van der Waals surface area contributed by atoms with E-state index < -0.39 is 0 Å². The molecule has 1 rings (SSSR count). The first-order valence-corrected chi connectivity index (χ1v) is 4.65. The number of anilines is 1. The monoisotopic (exact) mass is 213 g/mol. The summed E-state index contributed by atoms with van der Waals surface area (Å²) >= 11 is 5.69. The van der Waals surface area contributed by atoms with E-state index in [1.807, 2.05) is 6.92 Å². The Kier molecular flexibility index (Phi) is 4.19. The zero-order valence-corrected chi connectivity index (χ0v) is 8.88. The number of ether oxygens (including phenoxy) is 1. The second-order valence-electron chi connectivity index (χ2n) is 2.47. The summed E-state index contributed by atoms with van der Waals surface area (Å²) in [5.74, 6) is 0. The molecular weight excluding hydrogens is 202 g/mol. The van der Waals surface area contributed by atoms with Gasteiger partial charge in [-0.3, -0.25) is 0 Å². The fourth-order valence-corrected chi connectivity index (χ4v) is 1.06. The molecule has 0 saturated carbocycles. The molecule has 76 valence electrons. The van der Waals surface area contributed by atoms with Crippen molar-refractivity contribution < 1.29 is 4.74 Å². The normalized spacial score (nSPS) is 10.5. The van der Waals surface area contributed by atoms with Crippen LogP contribution in [0.1, 0.15) is 12.6 Å². The molecule has 5 heteroatoms. The molecule has 1 N–H and O–H groups in total. The Bertz CT molecular complexity index is 328. The third-order valence-electron chi connectivity index (χ3n) is 1.55. The second-order valence-corrected chi connectivity index (χ2v) is 2.86. The lowest BCUT2D eigenvalue weighted by molar-refractivity contribution is 0.272. The lowest BCUT2D eigenvalue weighted by atomic mass is 10.3. The molecular formula is C9H12ClN3O.